The van der Waals surface area contributed by atoms with Gasteiger partial charge in [0.15, 0.2) is 0 Å². The molecule has 0 atom stereocenters. The average Bonchev–Trinajstić information content (AvgIpc) is 3.36. The van der Waals surface area contributed by atoms with Crippen LogP contribution in [0.5, 0.6) is 0 Å². The molecular weight excluding hydrogens is 478 g/mol. The van der Waals surface area contributed by atoms with Crippen LogP contribution in [0.4, 0.5) is 0 Å². The predicted octanol–water partition coefficient (Wildman–Crippen LogP) is 10.8. The molecule has 0 unspecified atom stereocenters. The van der Waals surface area contributed by atoms with Crippen molar-refractivity contribution in [2.24, 2.45) is 0 Å². The third-order valence-corrected chi connectivity index (χ3v) is 8.54. The number of hydrogen-bond donors (Lipinski definition) is 0. The number of thiophene rings is 1. The number of aromatic nitrogens is 1. The summed E-state index contributed by atoms with van der Waals surface area (Å²) in [5, 5.41) is 7.46. The fourth-order valence-electron chi connectivity index (χ4n) is 5.64. The number of hydrogen-bond acceptors (Lipinski definition) is 2. The molecule has 0 aliphatic rings. The Morgan fingerprint density at radius 2 is 1.34 bits per heavy atom. The van der Waals surface area contributed by atoms with Gasteiger partial charge in [0.05, 0.1) is 16.1 Å². The average molecular weight is 504 g/mol. The zero-order chi connectivity index (χ0) is 25.6. The monoisotopic (exact) mass is 503 g/mol. The van der Waals surface area contributed by atoms with E-state index in [0.717, 1.165) is 22.5 Å². The number of benzene rings is 5. The van der Waals surface area contributed by atoms with Crippen LogP contribution >= 0.6 is 11.3 Å². The topological polar surface area (TPSA) is 12.9 Å². The fourth-order valence-corrected chi connectivity index (χ4v) is 6.83. The summed E-state index contributed by atoms with van der Waals surface area (Å²) in [6.07, 6.45) is 6.29. The van der Waals surface area contributed by atoms with Gasteiger partial charge in [0.1, 0.15) is 0 Å². The van der Waals surface area contributed by atoms with Gasteiger partial charge in [-0.3, -0.25) is 0 Å². The Bertz CT molecular complexity index is 2040. The molecule has 0 fully saturated rings. The van der Waals surface area contributed by atoms with Crippen molar-refractivity contribution in [3.05, 3.63) is 127 Å². The molecule has 0 N–H and O–H groups in total. The van der Waals surface area contributed by atoms with Crippen LogP contribution in [0.25, 0.3) is 76.4 Å². The summed E-state index contributed by atoms with van der Waals surface area (Å²) < 4.78 is 2.51. The van der Waals surface area contributed by atoms with Crippen LogP contribution in [-0.2, 0) is 0 Å². The molecule has 38 heavy (non-hydrogen) atoms. The minimum Gasteiger partial charge on any atom is -0.246 e. The first-order chi connectivity index (χ1) is 18.8. The maximum absolute atomic E-state index is 5.30. The number of allylic oxidation sites excluding steroid dienone is 1. The van der Waals surface area contributed by atoms with Crippen molar-refractivity contribution < 1.29 is 0 Å². The van der Waals surface area contributed by atoms with Crippen molar-refractivity contribution in [2.45, 2.75) is 6.92 Å². The molecule has 0 aliphatic carbocycles. The molecule has 0 saturated heterocycles. The van der Waals surface area contributed by atoms with Crippen LogP contribution in [-0.4, -0.2) is 4.98 Å². The molecular formula is C36H25NS. The van der Waals surface area contributed by atoms with Gasteiger partial charge < -0.3 is 0 Å². The lowest BCUT2D eigenvalue weighted by molar-refractivity contribution is 1.36. The van der Waals surface area contributed by atoms with E-state index in [9.17, 15) is 0 Å². The minimum absolute atomic E-state index is 0.998. The zero-order valence-electron chi connectivity index (χ0n) is 21.1. The Balaban J connectivity index is 1.59. The highest BCUT2D eigenvalue weighted by Crippen LogP contribution is 2.43. The van der Waals surface area contributed by atoms with E-state index < -0.39 is 0 Å². The van der Waals surface area contributed by atoms with Crippen molar-refractivity contribution in [1.82, 2.24) is 4.98 Å². The first-order valence-electron chi connectivity index (χ1n) is 12.9. The van der Waals surface area contributed by atoms with Gasteiger partial charge in [-0.05, 0) is 57.8 Å². The van der Waals surface area contributed by atoms with Crippen molar-refractivity contribution in [1.29, 1.82) is 0 Å². The molecule has 180 valence electrons. The molecule has 0 amide bonds. The fraction of sp³-hybridized carbons (Fsp3) is 0.0278. The lowest BCUT2D eigenvalue weighted by atomic mass is 9.90. The van der Waals surface area contributed by atoms with Crippen LogP contribution in [0.1, 0.15) is 18.1 Å². The SMILES string of the molecule is C=Cc1c(/C=C\C)c2ccc(-c3nc(-c4ccccc4)cc4c3sc3ccccc34)cc2c2ccccc12. The summed E-state index contributed by atoms with van der Waals surface area (Å²) >= 11 is 1.83. The Morgan fingerprint density at radius 1 is 0.632 bits per heavy atom. The van der Waals surface area contributed by atoms with Gasteiger partial charge in [-0.1, -0.05) is 110 Å². The molecule has 0 aliphatic heterocycles. The number of pyridine rings is 1. The summed E-state index contributed by atoms with van der Waals surface area (Å²) in [6.45, 7) is 6.22. The quantitative estimate of drug-likeness (QED) is 0.218. The van der Waals surface area contributed by atoms with E-state index in [1.165, 1.54) is 52.8 Å². The lowest BCUT2D eigenvalue weighted by Gasteiger charge is -2.15. The summed E-state index contributed by atoms with van der Waals surface area (Å²) in [6, 6.07) is 36.9. The van der Waals surface area contributed by atoms with Gasteiger partial charge in [0.25, 0.3) is 0 Å². The van der Waals surface area contributed by atoms with Crippen LogP contribution in [0.3, 0.4) is 0 Å². The van der Waals surface area contributed by atoms with Crippen molar-refractivity contribution >= 4 is 65.2 Å². The van der Waals surface area contributed by atoms with E-state index in [1.807, 2.05) is 17.4 Å². The smallest absolute Gasteiger partial charge is 0.0888 e. The van der Waals surface area contributed by atoms with Crippen molar-refractivity contribution in [2.75, 3.05) is 0 Å². The van der Waals surface area contributed by atoms with E-state index in [2.05, 4.69) is 129 Å². The second kappa shape index (κ2) is 9.09. The Kier molecular flexibility index (Phi) is 5.42. The molecule has 2 aromatic heterocycles. The number of fused-ring (bicyclic) bond motifs is 6. The third kappa shape index (κ3) is 3.49. The van der Waals surface area contributed by atoms with E-state index in [-0.39, 0.29) is 0 Å². The van der Waals surface area contributed by atoms with E-state index >= 15 is 0 Å². The second-order valence-electron chi connectivity index (χ2n) is 9.53. The molecule has 0 bridgehead atoms. The maximum Gasteiger partial charge on any atom is 0.0888 e. The highest BCUT2D eigenvalue weighted by atomic mass is 32.1. The lowest BCUT2D eigenvalue weighted by Crippen LogP contribution is -1.92. The van der Waals surface area contributed by atoms with Crippen LogP contribution in [0.2, 0.25) is 0 Å². The number of nitrogens with zero attached hydrogens (tertiary/aromatic N) is 1. The molecule has 2 heteroatoms. The molecule has 2 heterocycles. The molecule has 0 spiro atoms. The van der Waals surface area contributed by atoms with Crippen LogP contribution in [0.15, 0.2) is 116 Å². The molecule has 0 radical (unpaired) electrons. The summed E-state index contributed by atoms with van der Waals surface area (Å²) in [5.74, 6) is 0. The standard InChI is InChI=1S/C36H25NS/c1-3-12-26-25(4-2)27-15-8-9-16-28(27)31-21-24(19-20-29(26)31)35-36-32(30-17-10-11-18-34(30)38-36)22-33(37-35)23-13-6-5-7-14-23/h3-22H,2H2,1H3/b12-3-. The first-order valence-corrected chi connectivity index (χ1v) is 13.7. The Hall–Kier alpha value is -4.53. The first kappa shape index (κ1) is 22.7. The van der Waals surface area contributed by atoms with Crippen molar-refractivity contribution in [3.63, 3.8) is 0 Å². The highest BCUT2D eigenvalue weighted by Gasteiger charge is 2.17. The van der Waals surface area contributed by atoms with E-state index in [4.69, 9.17) is 4.98 Å². The normalized spacial score (nSPS) is 11.8. The van der Waals surface area contributed by atoms with Crippen molar-refractivity contribution in [3.8, 4) is 22.5 Å². The maximum atomic E-state index is 5.30. The molecule has 7 rings (SSSR count). The van der Waals surface area contributed by atoms with Gasteiger partial charge >= 0.3 is 0 Å². The molecule has 0 saturated carbocycles. The van der Waals surface area contributed by atoms with Gasteiger partial charge in [-0.2, -0.15) is 0 Å². The van der Waals surface area contributed by atoms with Gasteiger partial charge in [0, 0.05) is 26.6 Å². The molecule has 5 aromatic carbocycles. The minimum atomic E-state index is 0.998. The number of rotatable bonds is 4. The van der Waals surface area contributed by atoms with Gasteiger partial charge in [-0.15, -0.1) is 11.3 Å². The summed E-state index contributed by atoms with van der Waals surface area (Å²) in [7, 11) is 0. The zero-order valence-corrected chi connectivity index (χ0v) is 21.9. The Morgan fingerprint density at radius 3 is 2.13 bits per heavy atom. The summed E-state index contributed by atoms with van der Waals surface area (Å²) in [4.78, 5) is 5.30. The van der Waals surface area contributed by atoms with Gasteiger partial charge in [-0.25, -0.2) is 4.98 Å². The predicted molar refractivity (Wildman–Crippen MR) is 168 cm³/mol. The van der Waals surface area contributed by atoms with E-state index in [1.54, 1.807) is 0 Å². The van der Waals surface area contributed by atoms with Crippen LogP contribution in [0, 0.1) is 0 Å². The largest absolute Gasteiger partial charge is 0.246 e. The second-order valence-corrected chi connectivity index (χ2v) is 10.6. The Labute approximate surface area is 226 Å². The van der Waals surface area contributed by atoms with Gasteiger partial charge in [0.2, 0.25) is 0 Å². The third-order valence-electron chi connectivity index (χ3n) is 7.35. The highest BCUT2D eigenvalue weighted by molar-refractivity contribution is 7.26. The summed E-state index contributed by atoms with van der Waals surface area (Å²) in [5.41, 5.74) is 6.68. The molecule has 1 nitrogen and oxygen atoms in total. The van der Waals surface area contributed by atoms with E-state index in [0.29, 0.717) is 0 Å². The molecule has 7 aromatic rings. The van der Waals surface area contributed by atoms with Crippen LogP contribution < -0.4 is 0 Å².